The van der Waals surface area contributed by atoms with Crippen molar-refractivity contribution < 1.29 is 30.0 Å². The van der Waals surface area contributed by atoms with Gasteiger partial charge in [-0.15, -0.1) is 0 Å². The van der Waals surface area contributed by atoms with Crippen molar-refractivity contribution >= 4 is 17.3 Å². The summed E-state index contributed by atoms with van der Waals surface area (Å²) in [6.45, 7) is 1.57. The number of aromatic hydroxyl groups is 3. The van der Waals surface area contributed by atoms with Crippen LogP contribution in [0.1, 0.15) is 29.3 Å². The quantitative estimate of drug-likeness (QED) is 0.338. The Bertz CT molecular complexity index is 611. The Morgan fingerprint density at radius 1 is 0.944 bits per heavy atom. The van der Waals surface area contributed by atoms with Crippen molar-refractivity contribution in [1.82, 2.24) is 0 Å². The van der Waals surface area contributed by atoms with Crippen molar-refractivity contribution in [3.8, 4) is 17.2 Å². The smallest absolute Gasteiger partial charge is 0.238 e. The zero-order chi connectivity index (χ0) is 13.6. The first-order valence-corrected chi connectivity index (χ1v) is 5.19. The summed E-state index contributed by atoms with van der Waals surface area (Å²) in [5.41, 5.74) is -1.04. The lowest BCUT2D eigenvalue weighted by Gasteiger charge is -2.19. The number of fused-ring (bicyclic) bond motifs is 1. The van der Waals surface area contributed by atoms with Gasteiger partial charge in [0.1, 0.15) is 11.5 Å². The van der Waals surface area contributed by atoms with E-state index >= 15 is 0 Å². The van der Waals surface area contributed by atoms with Crippen molar-refractivity contribution in [2.24, 2.45) is 0 Å². The third-order valence-electron chi connectivity index (χ3n) is 2.84. The fraction of sp³-hybridized carbons (Fsp3) is 0.167. The van der Waals surface area contributed by atoms with Gasteiger partial charge in [-0.05, 0) is 6.42 Å². The van der Waals surface area contributed by atoms with Crippen molar-refractivity contribution in [3.63, 3.8) is 0 Å². The summed E-state index contributed by atoms with van der Waals surface area (Å²) >= 11 is 0. The molecule has 1 aliphatic carbocycles. The number of benzene rings is 1. The molecule has 2 rings (SSSR count). The Labute approximate surface area is 101 Å². The van der Waals surface area contributed by atoms with Crippen LogP contribution in [-0.2, 0) is 4.79 Å². The highest BCUT2D eigenvalue weighted by molar-refractivity contribution is 6.52. The first kappa shape index (κ1) is 12.0. The van der Waals surface area contributed by atoms with Crippen LogP contribution in [-0.4, -0.2) is 32.0 Å². The second kappa shape index (κ2) is 3.76. The second-order valence-electron chi connectivity index (χ2n) is 3.85. The Balaban J connectivity index is 2.92. The fourth-order valence-electron chi connectivity index (χ4n) is 1.94. The number of Topliss-reactive ketones (excluding diaryl/α,β-unsaturated/α-hetero) is 2. The van der Waals surface area contributed by atoms with Crippen LogP contribution < -0.4 is 0 Å². The van der Waals surface area contributed by atoms with Gasteiger partial charge in [-0.3, -0.25) is 9.59 Å². The molecule has 1 aliphatic rings. The highest BCUT2D eigenvalue weighted by atomic mass is 16.3. The minimum absolute atomic E-state index is 0.108. The molecule has 0 radical (unpaired) electrons. The summed E-state index contributed by atoms with van der Waals surface area (Å²) in [5.74, 6) is -4.72. The van der Waals surface area contributed by atoms with E-state index in [-0.39, 0.29) is 17.6 Å². The normalized spacial score (nSPS) is 14.9. The molecule has 1 aromatic rings. The lowest BCUT2D eigenvalue weighted by Crippen LogP contribution is -2.24. The lowest BCUT2D eigenvalue weighted by atomic mass is 9.86. The molecule has 0 bridgehead atoms. The van der Waals surface area contributed by atoms with Gasteiger partial charge >= 0.3 is 0 Å². The summed E-state index contributed by atoms with van der Waals surface area (Å²) in [6.07, 6.45) is 0.108. The molecule has 0 heterocycles. The first-order valence-electron chi connectivity index (χ1n) is 5.19. The van der Waals surface area contributed by atoms with Crippen molar-refractivity contribution in [3.05, 3.63) is 22.8 Å². The van der Waals surface area contributed by atoms with E-state index in [2.05, 4.69) is 0 Å². The molecule has 94 valence electrons. The van der Waals surface area contributed by atoms with Crippen LogP contribution in [0.4, 0.5) is 0 Å². The van der Waals surface area contributed by atoms with Gasteiger partial charge in [0.05, 0.1) is 11.1 Å². The van der Waals surface area contributed by atoms with Gasteiger partial charge in [-0.25, -0.2) is 0 Å². The SMILES string of the molecule is CCC1=C(O)c2c(O)cc(O)c(O)c2C(=O)C1=O. The maximum atomic E-state index is 11.8. The number of ketones is 2. The molecule has 0 aromatic heterocycles. The average Bonchev–Trinajstić information content (AvgIpc) is 2.31. The van der Waals surface area contributed by atoms with Crippen LogP contribution in [0.2, 0.25) is 0 Å². The number of allylic oxidation sites excluding steroid dienone is 1. The van der Waals surface area contributed by atoms with E-state index in [4.69, 9.17) is 0 Å². The average molecular weight is 250 g/mol. The predicted octanol–water partition coefficient (Wildman–Crippen LogP) is 1.25. The van der Waals surface area contributed by atoms with Crippen LogP contribution in [0.3, 0.4) is 0 Å². The maximum absolute atomic E-state index is 11.8. The fourth-order valence-corrected chi connectivity index (χ4v) is 1.94. The minimum Gasteiger partial charge on any atom is -0.507 e. The summed E-state index contributed by atoms with van der Waals surface area (Å²) in [6, 6.07) is 0.792. The number of hydrogen-bond acceptors (Lipinski definition) is 6. The van der Waals surface area contributed by atoms with E-state index in [1.54, 1.807) is 6.92 Å². The van der Waals surface area contributed by atoms with E-state index in [1.807, 2.05) is 0 Å². The highest BCUT2D eigenvalue weighted by Gasteiger charge is 2.37. The molecule has 18 heavy (non-hydrogen) atoms. The van der Waals surface area contributed by atoms with Gasteiger partial charge in [0.2, 0.25) is 11.6 Å². The number of rotatable bonds is 1. The summed E-state index contributed by atoms with van der Waals surface area (Å²) in [5, 5.41) is 38.3. The molecule has 0 saturated carbocycles. The molecule has 0 spiro atoms. The van der Waals surface area contributed by atoms with Gasteiger partial charge < -0.3 is 20.4 Å². The Morgan fingerprint density at radius 3 is 2.11 bits per heavy atom. The Hall–Kier alpha value is -2.50. The second-order valence-corrected chi connectivity index (χ2v) is 3.85. The van der Waals surface area contributed by atoms with Gasteiger partial charge in [0.25, 0.3) is 0 Å². The molecule has 6 nitrogen and oxygen atoms in total. The van der Waals surface area contributed by atoms with E-state index in [0.717, 1.165) is 6.07 Å². The number of carbonyl (C=O) groups excluding carboxylic acids is 2. The van der Waals surface area contributed by atoms with Crippen molar-refractivity contribution in [2.45, 2.75) is 13.3 Å². The summed E-state index contributed by atoms with van der Waals surface area (Å²) in [7, 11) is 0. The third kappa shape index (κ3) is 1.35. The van der Waals surface area contributed by atoms with Crippen molar-refractivity contribution in [1.29, 1.82) is 0 Å². The van der Waals surface area contributed by atoms with Crippen LogP contribution >= 0.6 is 0 Å². The van der Waals surface area contributed by atoms with Gasteiger partial charge in [0.15, 0.2) is 11.5 Å². The molecule has 1 aromatic carbocycles. The molecule has 0 atom stereocenters. The van der Waals surface area contributed by atoms with Crippen LogP contribution in [0, 0.1) is 0 Å². The largest absolute Gasteiger partial charge is 0.507 e. The first-order chi connectivity index (χ1) is 8.40. The number of carbonyl (C=O) groups is 2. The van der Waals surface area contributed by atoms with E-state index in [1.165, 1.54) is 0 Å². The third-order valence-corrected chi connectivity index (χ3v) is 2.84. The molecular formula is C12H10O6. The number of aliphatic hydroxyl groups is 1. The zero-order valence-corrected chi connectivity index (χ0v) is 9.39. The molecule has 6 heteroatoms. The van der Waals surface area contributed by atoms with E-state index < -0.39 is 40.1 Å². The number of phenolic OH excluding ortho intramolecular Hbond substituents is 3. The zero-order valence-electron chi connectivity index (χ0n) is 9.39. The molecular weight excluding hydrogens is 240 g/mol. The van der Waals surface area contributed by atoms with Crippen LogP contribution in [0.25, 0.3) is 5.76 Å². The van der Waals surface area contributed by atoms with Gasteiger partial charge in [-0.1, -0.05) is 6.92 Å². The minimum atomic E-state index is -1.07. The van der Waals surface area contributed by atoms with Crippen LogP contribution in [0.5, 0.6) is 17.2 Å². The van der Waals surface area contributed by atoms with E-state index in [9.17, 15) is 30.0 Å². The number of hydrogen-bond donors (Lipinski definition) is 4. The summed E-state index contributed by atoms with van der Waals surface area (Å²) in [4.78, 5) is 23.4. The Kier molecular flexibility index (Phi) is 2.50. The molecule has 0 aliphatic heterocycles. The lowest BCUT2D eigenvalue weighted by molar-refractivity contribution is -0.112. The predicted molar refractivity (Wildman–Crippen MR) is 60.6 cm³/mol. The van der Waals surface area contributed by atoms with Crippen molar-refractivity contribution in [2.75, 3.05) is 0 Å². The molecule has 0 unspecified atom stereocenters. The molecule has 4 N–H and O–H groups in total. The monoisotopic (exact) mass is 250 g/mol. The maximum Gasteiger partial charge on any atom is 0.238 e. The topological polar surface area (TPSA) is 115 Å². The number of phenols is 3. The highest BCUT2D eigenvalue weighted by Crippen LogP contribution is 2.44. The van der Waals surface area contributed by atoms with Gasteiger partial charge in [-0.2, -0.15) is 0 Å². The molecule has 0 amide bonds. The van der Waals surface area contributed by atoms with Crippen LogP contribution in [0.15, 0.2) is 11.6 Å². The number of aliphatic hydroxyl groups excluding tert-OH is 1. The molecule has 0 saturated heterocycles. The summed E-state index contributed by atoms with van der Waals surface area (Å²) < 4.78 is 0. The van der Waals surface area contributed by atoms with E-state index in [0.29, 0.717) is 0 Å². The Morgan fingerprint density at radius 2 is 1.56 bits per heavy atom. The standard InChI is InChI=1S/C12H10O6/c1-2-4-9(15)7-5(13)3-6(14)11(17)8(7)12(18)10(4)16/h3,13-15,17H,2H2,1H3. The molecule has 0 fully saturated rings. The van der Waals surface area contributed by atoms with Gasteiger partial charge in [0, 0.05) is 11.6 Å².